The van der Waals surface area contributed by atoms with E-state index < -0.39 is 23.4 Å². The lowest BCUT2D eigenvalue weighted by molar-refractivity contribution is -0.137. The third-order valence-electron chi connectivity index (χ3n) is 5.57. The van der Waals surface area contributed by atoms with Crippen molar-refractivity contribution < 1.29 is 27.5 Å². The van der Waals surface area contributed by atoms with Crippen molar-refractivity contribution in [1.29, 1.82) is 0 Å². The molecule has 0 aliphatic rings. The summed E-state index contributed by atoms with van der Waals surface area (Å²) >= 11 is 0. The smallest absolute Gasteiger partial charge is 0.416 e. The van der Waals surface area contributed by atoms with Crippen LogP contribution in [0.4, 0.5) is 18.0 Å². The Morgan fingerprint density at radius 2 is 1.65 bits per heavy atom. The number of aryl methyl sites for hydroxylation is 1. The molecule has 0 saturated carbocycles. The number of hydrogen-bond donors (Lipinski definition) is 2. The molecule has 2 N–H and O–H groups in total. The number of fused-ring (bicyclic) bond motifs is 3. The first-order valence-corrected chi connectivity index (χ1v) is 11.7. The van der Waals surface area contributed by atoms with Crippen molar-refractivity contribution in [3.63, 3.8) is 0 Å². The van der Waals surface area contributed by atoms with E-state index in [2.05, 4.69) is 15.7 Å². The van der Waals surface area contributed by atoms with Gasteiger partial charge in [0.1, 0.15) is 5.60 Å². The Balaban J connectivity index is 1.51. The van der Waals surface area contributed by atoms with Crippen LogP contribution in [0.3, 0.4) is 0 Å². The molecule has 0 radical (unpaired) electrons. The summed E-state index contributed by atoms with van der Waals surface area (Å²) in [6, 6.07) is 10.0. The fraction of sp³-hybridized carbons (Fsp3) is 0.346. The average Bonchev–Trinajstić information content (AvgIpc) is 3.31. The summed E-state index contributed by atoms with van der Waals surface area (Å²) in [5, 5.41) is 11.5. The van der Waals surface area contributed by atoms with Crippen molar-refractivity contribution >= 4 is 33.9 Å². The molecule has 4 rings (SSSR count). The first-order valence-electron chi connectivity index (χ1n) is 11.7. The van der Waals surface area contributed by atoms with Gasteiger partial charge in [0, 0.05) is 48.4 Å². The van der Waals surface area contributed by atoms with E-state index in [0.29, 0.717) is 36.4 Å². The van der Waals surface area contributed by atoms with E-state index in [1.54, 1.807) is 55.3 Å². The number of rotatable bonds is 6. The Kier molecular flexibility index (Phi) is 6.90. The van der Waals surface area contributed by atoms with E-state index in [1.165, 1.54) is 12.1 Å². The number of hydrogen-bond acceptors (Lipinski definition) is 4. The topological polar surface area (TPSA) is 90.2 Å². The largest absolute Gasteiger partial charge is 0.444 e. The molecule has 196 valence electrons. The van der Waals surface area contributed by atoms with E-state index in [1.807, 2.05) is 6.20 Å². The Bertz CT molecular complexity index is 1450. The number of carbonyl (C=O) groups is 2. The van der Waals surface area contributed by atoms with Gasteiger partial charge >= 0.3 is 12.3 Å². The number of benzene rings is 2. The zero-order valence-electron chi connectivity index (χ0n) is 20.9. The van der Waals surface area contributed by atoms with Crippen LogP contribution in [0.5, 0.6) is 0 Å². The fourth-order valence-electron chi connectivity index (χ4n) is 3.99. The summed E-state index contributed by atoms with van der Waals surface area (Å²) in [4.78, 5) is 24.5. The Labute approximate surface area is 211 Å². The maximum Gasteiger partial charge on any atom is 0.416 e. The van der Waals surface area contributed by atoms with E-state index >= 15 is 0 Å². The van der Waals surface area contributed by atoms with Gasteiger partial charge in [-0.15, -0.1) is 0 Å². The molecule has 0 bridgehead atoms. The van der Waals surface area contributed by atoms with Gasteiger partial charge in [0.15, 0.2) is 5.65 Å². The number of amides is 2. The van der Waals surface area contributed by atoms with Crippen LogP contribution in [-0.4, -0.2) is 45.0 Å². The van der Waals surface area contributed by atoms with Crippen LogP contribution in [0.25, 0.3) is 27.6 Å². The number of carbonyl (C=O) groups excluding carboxylic acids is 2. The fourth-order valence-corrected chi connectivity index (χ4v) is 3.99. The van der Waals surface area contributed by atoms with E-state index in [9.17, 15) is 22.8 Å². The normalized spacial score (nSPS) is 12.2. The number of ether oxygens (including phenoxy) is 1. The van der Waals surface area contributed by atoms with Gasteiger partial charge in [-0.05, 0) is 69.7 Å². The Morgan fingerprint density at radius 1 is 0.973 bits per heavy atom. The molecule has 2 aromatic carbocycles. The Hall–Kier alpha value is -4.02. The summed E-state index contributed by atoms with van der Waals surface area (Å²) in [5.74, 6) is -0.279. The predicted molar refractivity (Wildman–Crippen MR) is 134 cm³/mol. The molecule has 0 spiro atoms. The lowest BCUT2D eigenvalue weighted by Gasteiger charge is -2.19. The maximum absolute atomic E-state index is 13.0. The van der Waals surface area contributed by atoms with Gasteiger partial charge in [0.05, 0.1) is 11.1 Å². The first kappa shape index (κ1) is 26.1. The van der Waals surface area contributed by atoms with Crippen LogP contribution in [0.1, 0.15) is 43.1 Å². The number of nitrogens with zero attached hydrogens (tertiary/aromatic N) is 3. The maximum atomic E-state index is 13.0. The number of aromatic nitrogens is 3. The number of alkyl carbamates (subject to hydrolysis) is 1. The van der Waals surface area contributed by atoms with Crippen LogP contribution in [0.2, 0.25) is 0 Å². The van der Waals surface area contributed by atoms with Gasteiger partial charge in [0.25, 0.3) is 5.91 Å². The molecule has 0 atom stereocenters. The molecule has 2 aromatic heterocycles. The molecule has 0 aliphatic heterocycles. The van der Waals surface area contributed by atoms with Crippen LogP contribution in [0.15, 0.2) is 48.7 Å². The summed E-state index contributed by atoms with van der Waals surface area (Å²) < 4.78 is 47.7. The van der Waals surface area contributed by atoms with Crippen LogP contribution >= 0.6 is 0 Å². The predicted octanol–water partition coefficient (Wildman–Crippen LogP) is 5.18. The van der Waals surface area contributed by atoms with E-state index in [-0.39, 0.29) is 5.91 Å². The van der Waals surface area contributed by atoms with Gasteiger partial charge in [-0.3, -0.25) is 14.0 Å². The molecule has 0 aliphatic carbocycles. The highest BCUT2D eigenvalue weighted by Gasteiger charge is 2.30. The van der Waals surface area contributed by atoms with Gasteiger partial charge in [-0.25, -0.2) is 4.79 Å². The quantitative estimate of drug-likeness (QED) is 0.346. The molecule has 37 heavy (non-hydrogen) atoms. The number of alkyl halides is 3. The highest BCUT2D eigenvalue weighted by molar-refractivity contribution is 6.10. The minimum absolute atomic E-state index is 0.279. The monoisotopic (exact) mass is 515 g/mol. The second kappa shape index (κ2) is 9.79. The van der Waals surface area contributed by atoms with Gasteiger partial charge in [0.2, 0.25) is 0 Å². The van der Waals surface area contributed by atoms with Crippen molar-refractivity contribution in [3.05, 3.63) is 59.8 Å². The highest BCUT2D eigenvalue weighted by Crippen LogP contribution is 2.34. The molecule has 4 aromatic rings. The van der Waals surface area contributed by atoms with Gasteiger partial charge < -0.3 is 15.4 Å². The molecule has 2 amide bonds. The minimum atomic E-state index is -4.42. The number of nitrogens with one attached hydrogen (secondary N) is 2. The van der Waals surface area contributed by atoms with E-state index in [4.69, 9.17) is 4.74 Å². The minimum Gasteiger partial charge on any atom is -0.444 e. The third-order valence-corrected chi connectivity index (χ3v) is 5.57. The molecule has 11 heteroatoms. The Morgan fingerprint density at radius 3 is 2.30 bits per heavy atom. The summed E-state index contributed by atoms with van der Waals surface area (Å²) in [5.41, 5.74) is 0.941. The molecule has 0 saturated heterocycles. The zero-order chi connectivity index (χ0) is 27.0. The summed E-state index contributed by atoms with van der Waals surface area (Å²) in [6.45, 7) is 6.03. The second-order valence-electron chi connectivity index (χ2n) is 9.69. The summed E-state index contributed by atoms with van der Waals surface area (Å²) in [7, 11) is 1.75. The van der Waals surface area contributed by atoms with Crippen LogP contribution < -0.4 is 10.6 Å². The van der Waals surface area contributed by atoms with Crippen molar-refractivity contribution in [2.45, 2.75) is 39.0 Å². The molecule has 8 nitrogen and oxygen atoms in total. The van der Waals surface area contributed by atoms with Gasteiger partial charge in [-0.1, -0.05) is 0 Å². The third kappa shape index (κ3) is 5.87. The average molecular weight is 516 g/mol. The van der Waals surface area contributed by atoms with E-state index in [0.717, 1.165) is 28.4 Å². The zero-order valence-corrected chi connectivity index (χ0v) is 20.9. The summed E-state index contributed by atoms with van der Waals surface area (Å²) in [6.07, 6.45) is -2.61. The highest BCUT2D eigenvalue weighted by atomic mass is 19.4. The van der Waals surface area contributed by atoms with Crippen molar-refractivity contribution in [2.75, 3.05) is 13.1 Å². The molecular weight excluding hydrogens is 487 g/mol. The van der Waals surface area contributed by atoms with Gasteiger partial charge in [-0.2, -0.15) is 18.3 Å². The lowest BCUT2D eigenvalue weighted by atomic mass is 10.1. The van der Waals surface area contributed by atoms with Crippen molar-refractivity contribution in [1.82, 2.24) is 25.0 Å². The van der Waals surface area contributed by atoms with Crippen LogP contribution in [-0.2, 0) is 18.0 Å². The number of halogens is 3. The second-order valence-corrected chi connectivity index (χ2v) is 9.69. The molecule has 0 unspecified atom stereocenters. The van der Waals surface area contributed by atoms with Crippen LogP contribution in [0, 0.1) is 0 Å². The van der Waals surface area contributed by atoms with Crippen molar-refractivity contribution in [2.24, 2.45) is 7.05 Å². The lowest BCUT2D eigenvalue weighted by Crippen LogP contribution is -2.34. The standard InChI is InChI=1S/C26H28F3N5O3/c1-25(2,3)37-24(36)31-13-5-12-30-23(35)16-6-11-21-19(14-16)20-15-33(4)32-22(20)34(21)18-9-7-17(8-10-18)26(27,28)29/h6-11,14-15H,5,12-13H2,1-4H3,(H,30,35)(H,31,36). The van der Waals surface area contributed by atoms with Crippen molar-refractivity contribution in [3.8, 4) is 5.69 Å². The first-order chi connectivity index (χ1) is 17.3. The SMILES string of the molecule is Cn1cc2c3cc(C(=O)NCCCNC(=O)OC(C)(C)C)ccc3n(-c3ccc(C(F)(F)F)cc3)c2n1. The molecular formula is C26H28F3N5O3. The molecule has 0 fully saturated rings. The molecule has 2 heterocycles.